The van der Waals surface area contributed by atoms with Crippen molar-refractivity contribution in [2.24, 2.45) is 0 Å². The number of nitrogens with zero attached hydrogens (tertiary/aromatic N) is 1. The van der Waals surface area contributed by atoms with Crippen molar-refractivity contribution in [2.75, 3.05) is 11.9 Å². The maximum atomic E-state index is 5.22. The Hall–Kier alpha value is -0.570. The molecule has 0 saturated heterocycles. The van der Waals surface area contributed by atoms with Crippen molar-refractivity contribution in [3.63, 3.8) is 0 Å². The Morgan fingerprint density at radius 2 is 2.33 bits per heavy atom. The molecule has 0 aliphatic rings. The number of alkyl halides is 1. The molecule has 0 bridgehead atoms. The molecule has 0 spiro atoms. The van der Waals surface area contributed by atoms with Gasteiger partial charge in [-0.25, -0.2) is 4.98 Å². The van der Waals surface area contributed by atoms with Gasteiger partial charge in [0, 0.05) is 17.6 Å². The molecule has 0 fully saturated rings. The highest BCUT2D eigenvalue weighted by molar-refractivity contribution is 9.09. The van der Waals surface area contributed by atoms with Crippen LogP contribution in [0.15, 0.2) is 18.3 Å². The molecule has 0 aromatic carbocycles. The molecule has 1 heterocycles. The zero-order valence-corrected chi connectivity index (χ0v) is 8.67. The first-order valence-electron chi connectivity index (χ1n) is 4.00. The zero-order valence-electron chi connectivity index (χ0n) is 7.09. The van der Waals surface area contributed by atoms with Gasteiger partial charge in [-0.15, -0.1) is 0 Å². The lowest BCUT2D eigenvalue weighted by molar-refractivity contribution is 0.326. The Morgan fingerprint density at radius 1 is 1.50 bits per heavy atom. The van der Waals surface area contributed by atoms with Crippen LogP contribution in [-0.4, -0.2) is 16.9 Å². The van der Waals surface area contributed by atoms with E-state index in [1.54, 1.807) is 0 Å². The van der Waals surface area contributed by atoms with Crippen LogP contribution < -0.4 is 4.74 Å². The maximum absolute atomic E-state index is 5.22. The first-order chi connectivity index (χ1) is 5.86. The van der Waals surface area contributed by atoms with Gasteiger partial charge in [-0.2, -0.15) is 0 Å². The van der Waals surface area contributed by atoms with E-state index in [9.17, 15) is 0 Å². The van der Waals surface area contributed by atoms with Crippen LogP contribution in [0.2, 0.25) is 0 Å². The number of aryl methyl sites for hydroxylation is 1. The second-order valence-electron chi connectivity index (χ2n) is 2.38. The molecule has 0 unspecified atom stereocenters. The largest absolute Gasteiger partial charge is 0.478 e. The Balaban J connectivity index is 2.58. The Labute approximate surface area is 81.1 Å². The fourth-order valence-electron chi connectivity index (χ4n) is 0.901. The van der Waals surface area contributed by atoms with E-state index in [2.05, 4.69) is 20.9 Å². The minimum Gasteiger partial charge on any atom is -0.478 e. The third-order valence-electron chi connectivity index (χ3n) is 1.47. The predicted molar refractivity (Wildman–Crippen MR) is 52.9 cm³/mol. The molecule has 1 rings (SSSR count). The summed E-state index contributed by atoms with van der Waals surface area (Å²) in [7, 11) is 0. The van der Waals surface area contributed by atoms with Gasteiger partial charge in [-0.3, -0.25) is 0 Å². The molecular weight excluding hydrogens is 218 g/mol. The summed E-state index contributed by atoms with van der Waals surface area (Å²) < 4.78 is 5.22. The summed E-state index contributed by atoms with van der Waals surface area (Å²) >= 11 is 3.38. The molecule has 3 heteroatoms. The van der Waals surface area contributed by atoms with E-state index in [-0.39, 0.29) is 0 Å². The molecule has 0 saturated carbocycles. The Bertz CT molecular complexity index is 197. The van der Waals surface area contributed by atoms with E-state index >= 15 is 0 Å². The predicted octanol–water partition coefficient (Wildman–Crippen LogP) is 2.42. The van der Waals surface area contributed by atoms with Crippen LogP contribution in [0.1, 0.15) is 12.5 Å². The van der Waals surface area contributed by atoms with Gasteiger partial charge in [0.1, 0.15) is 0 Å². The van der Waals surface area contributed by atoms with Crippen molar-refractivity contribution in [1.82, 2.24) is 4.98 Å². The van der Waals surface area contributed by atoms with Gasteiger partial charge < -0.3 is 4.74 Å². The lowest BCUT2D eigenvalue weighted by atomic mass is 10.2. The van der Waals surface area contributed by atoms with E-state index in [0.717, 1.165) is 11.8 Å². The number of hydrogen-bond donors (Lipinski definition) is 0. The van der Waals surface area contributed by atoms with Gasteiger partial charge in [0.25, 0.3) is 0 Å². The van der Waals surface area contributed by atoms with Gasteiger partial charge in [-0.05, 0) is 18.9 Å². The molecular formula is C9H12BrNO. The highest BCUT2D eigenvalue weighted by Crippen LogP contribution is 2.08. The first kappa shape index (κ1) is 9.52. The molecule has 0 aliphatic carbocycles. The average molecular weight is 230 g/mol. The monoisotopic (exact) mass is 229 g/mol. The summed E-state index contributed by atoms with van der Waals surface area (Å²) in [6, 6.07) is 3.95. The normalized spacial score (nSPS) is 9.83. The second kappa shape index (κ2) is 5.14. The van der Waals surface area contributed by atoms with Crippen LogP contribution in [0.3, 0.4) is 0 Å². The summed E-state index contributed by atoms with van der Waals surface area (Å²) in [5.41, 5.74) is 1.23. The van der Waals surface area contributed by atoms with Crippen molar-refractivity contribution >= 4 is 15.9 Å². The van der Waals surface area contributed by atoms with E-state index in [1.165, 1.54) is 5.56 Å². The van der Waals surface area contributed by atoms with Crippen molar-refractivity contribution in [3.05, 3.63) is 23.9 Å². The van der Waals surface area contributed by atoms with Crippen LogP contribution in [-0.2, 0) is 6.42 Å². The molecule has 66 valence electrons. The number of hydrogen-bond acceptors (Lipinski definition) is 2. The minimum atomic E-state index is 0.671. The van der Waals surface area contributed by atoms with Gasteiger partial charge >= 0.3 is 0 Å². The molecule has 0 radical (unpaired) electrons. The smallest absolute Gasteiger partial charge is 0.213 e. The lowest BCUT2D eigenvalue weighted by Crippen LogP contribution is -1.95. The maximum Gasteiger partial charge on any atom is 0.213 e. The van der Waals surface area contributed by atoms with Crippen LogP contribution in [0, 0.1) is 0 Å². The zero-order chi connectivity index (χ0) is 8.81. The van der Waals surface area contributed by atoms with Crippen molar-refractivity contribution in [1.29, 1.82) is 0 Å². The quantitative estimate of drug-likeness (QED) is 0.741. The van der Waals surface area contributed by atoms with Gasteiger partial charge in [-0.1, -0.05) is 22.0 Å². The van der Waals surface area contributed by atoms with Gasteiger partial charge in [0.05, 0.1) is 6.61 Å². The third-order valence-corrected chi connectivity index (χ3v) is 1.87. The molecule has 0 amide bonds. The van der Waals surface area contributed by atoms with E-state index in [4.69, 9.17) is 4.74 Å². The highest BCUT2D eigenvalue weighted by atomic mass is 79.9. The molecule has 0 aliphatic heterocycles. The molecule has 2 nitrogen and oxygen atoms in total. The second-order valence-corrected chi connectivity index (χ2v) is 3.17. The van der Waals surface area contributed by atoms with Crippen molar-refractivity contribution in [2.45, 2.75) is 13.3 Å². The van der Waals surface area contributed by atoms with Crippen LogP contribution in [0.25, 0.3) is 0 Å². The first-order valence-corrected chi connectivity index (χ1v) is 5.12. The highest BCUT2D eigenvalue weighted by Gasteiger charge is 1.94. The number of ether oxygens (including phenoxy) is 1. The van der Waals surface area contributed by atoms with E-state index < -0.39 is 0 Å². The third kappa shape index (κ3) is 2.81. The molecule has 0 N–H and O–H groups in total. The summed E-state index contributed by atoms with van der Waals surface area (Å²) in [5, 5.41) is 0.975. The Morgan fingerprint density at radius 3 is 2.83 bits per heavy atom. The van der Waals surface area contributed by atoms with Gasteiger partial charge in [0.15, 0.2) is 0 Å². The topological polar surface area (TPSA) is 22.1 Å². The number of rotatable bonds is 4. The van der Waals surface area contributed by atoms with Crippen molar-refractivity contribution in [3.8, 4) is 5.88 Å². The van der Waals surface area contributed by atoms with Crippen LogP contribution >= 0.6 is 15.9 Å². The average Bonchev–Trinajstić information content (AvgIpc) is 2.09. The van der Waals surface area contributed by atoms with Crippen LogP contribution in [0.5, 0.6) is 5.88 Å². The SMILES string of the molecule is CCOc1ccc(CCBr)cn1. The van der Waals surface area contributed by atoms with Crippen molar-refractivity contribution < 1.29 is 4.74 Å². The fraction of sp³-hybridized carbons (Fsp3) is 0.444. The Kier molecular flexibility index (Phi) is 4.08. The van der Waals surface area contributed by atoms with Gasteiger partial charge in [0.2, 0.25) is 5.88 Å². The van der Waals surface area contributed by atoms with E-state index in [0.29, 0.717) is 12.5 Å². The number of aromatic nitrogens is 1. The summed E-state index contributed by atoms with van der Waals surface area (Å²) in [5.74, 6) is 0.704. The molecule has 0 atom stereocenters. The summed E-state index contributed by atoms with van der Waals surface area (Å²) in [6.45, 7) is 2.62. The number of halogens is 1. The fourth-order valence-corrected chi connectivity index (χ4v) is 1.36. The van der Waals surface area contributed by atoms with Crippen LogP contribution in [0.4, 0.5) is 0 Å². The number of pyridine rings is 1. The molecule has 12 heavy (non-hydrogen) atoms. The minimum absolute atomic E-state index is 0.671. The standard InChI is InChI=1S/C9H12BrNO/c1-2-12-9-4-3-8(5-6-10)7-11-9/h3-4,7H,2,5-6H2,1H3. The molecule has 1 aromatic rings. The molecule has 1 aromatic heterocycles. The van der Waals surface area contributed by atoms with E-state index in [1.807, 2.05) is 25.3 Å². The lowest BCUT2D eigenvalue weighted by Gasteiger charge is -2.01. The summed E-state index contributed by atoms with van der Waals surface area (Å²) in [4.78, 5) is 4.14. The summed E-state index contributed by atoms with van der Waals surface area (Å²) in [6.07, 6.45) is 2.87.